The molecule has 0 N–H and O–H groups in total. The first kappa shape index (κ1) is 25.7. The van der Waals surface area contributed by atoms with Crippen LogP contribution in [-0.2, 0) is 0 Å². The largest absolute Gasteiger partial charge is 0.309 e. The Morgan fingerprint density at radius 2 is 0.915 bits per heavy atom. The molecule has 4 heteroatoms. The number of fused-ring (bicyclic) bond motifs is 10. The van der Waals surface area contributed by atoms with E-state index in [-0.39, 0.29) is 0 Å². The number of rotatable bonds is 3. The molecule has 0 bridgehead atoms. The van der Waals surface area contributed by atoms with Crippen LogP contribution in [0.3, 0.4) is 0 Å². The molecule has 0 aliphatic rings. The van der Waals surface area contributed by atoms with Crippen LogP contribution in [0, 0.1) is 11.3 Å². The maximum absolute atomic E-state index is 10.2. The van der Waals surface area contributed by atoms with Gasteiger partial charge in [-0.15, -0.1) is 0 Å². The molecule has 0 atom stereocenters. The number of aromatic nitrogens is 3. The quantitative estimate of drug-likeness (QED) is 0.199. The van der Waals surface area contributed by atoms with Crippen molar-refractivity contribution >= 4 is 65.4 Å². The maximum atomic E-state index is 10.2. The summed E-state index contributed by atoms with van der Waals surface area (Å²) in [5, 5.41) is 17.3. The van der Waals surface area contributed by atoms with Crippen LogP contribution < -0.4 is 0 Å². The predicted molar refractivity (Wildman–Crippen MR) is 194 cm³/mol. The minimum atomic E-state index is 0.665. The summed E-state index contributed by atoms with van der Waals surface area (Å²) >= 11 is 0. The molecule has 10 aromatic rings. The molecule has 0 aliphatic carbocycles. The number of hydrogen-bond donors (Lipinski definition) is 0. The zero-order valence-electron chi connectivity index (χ0n) is 25.3. The first-order valence-electron chi connectivity index (χ1n) is 15.9. The molecule has 0 saturated heterocycles. The van der Waals surface area contributed by atoms with Gasteiger partial charge < -0.3 is 13.7 Å². The lowest BCUT2D eigenvalue weighted by molar-refractivity contribution is 1.15. The van der Waals surface area contributed by atoms with E-state index in [1.807, 2.05) is 18.2 Å². The van der Waals surface area contributed by atoms with E-state index in [0.29, 0.717) is 5.56 Å². The van der Waals surface area contributed by atoms with Crippen LogP contribution in [0.2, 0.25) is 0 Å². The fourth-order valence-electron chi connectivity index (χ4n) is 7.76. The zero-order valence-corrected chi connectivity index (χ0v) is 25.3. The fraction of sp³-hybridized carbons (Fsp3) is 0. The molecule has 0 unspecified atom stereocenters. The molecular formula is C43H26N4. The van der Waals surface area contributed by atoms with E-state index in [1.165, 1.54) is 32.6 Å². The lowest BCUT2D eigenvalue weighted by atomic mass is 10.1. The topological polar surface area (TPSA) is 38.6 Å². The van der Waals surface area contributed by atoms with Gasteiger partial charge >= 0.3 is 0 Å². The Bertz CT molecular complexity index is 2900. The highest BCUT2D eigenvalue weighted by Gasteiger charge is 2.22. The van der Waals surface area contributed by atoms with Crippen LogP contribution in [0.5, 0.6) is 0 Å². The summed E-state index contributed by atoms with van der Waals surface area (Å²) in [4.78, 5) is 0. The normalized spacial score (nSPS) is 11.8. The summed E-state index contributed by atoms with van der Waals surface area (Å²) in [5.41, 5.74) is 10.6. The summed E-state index contributed by atoms with van der Waals surface area (Å²) in [7, 11) is 0. The number of benzene rings is 7. The van der Waals surface area contributed by atoms with Gasteiger partial charge in [0, 0.05) is 49.4 Å². The molecule has 47 heavy (non-hydrogen) atoms. The smallest absolute Gasteiger partial charge is 0.101 e. The fourth-order valence-corrected chi connectivity index (χ4v) is 7.76. The van der Waals surface area contributed by atoms with Crippen LogP contribution in [0.4, 0.5) is 0 Å². The van der Waals surface area contributed by atoms with Gasteiger partial charge in [-0.1, -0.05) is 97.1 Å². The Kier molecular flexibility index (Phi) is 5.32. The van der Waals surface area contributed by atoms with E-state index in [2.05, 4.69) is 159 Å². The van der Waals surface area contributed by atoms with Crippen molar-refractivity contribution in [2.24, 2.45) is 0 Å². The third kappa shape index (κ3) is 3.51. The van der Waals surface area contributed by atoms with E-state index in [9.17, 15) is 5.26 Å². The summed E-state index contributed by atoms with van der Waals surface area (Å²) in [6, 6.07) is 58.2. The second-order valence-electron chi connectivity index (χ2n) is 12.1. The van der Waals surface area contributed by atoms with Gasteiger partial charge in [-0.2, -0.15) is 5.26 Å². The summed E-state index contributed by atoms with van der Waals surface area (Å²) in [5.74, 6) is 0. The average molecular weight is 599 g/mol. The number of nitriles is 1. The first-order chi connectivity index (χ1) is 23.3. The third-order valence-corrected chi connectivity index (χ3v) is 9.65. The number of nitrogens with zero attached hydrogens (tertiary/aromatic N) is 4. The summed E-state index contributed by atoms with van der Waals surface area (Å²) < 4.78 is 7.06. The summed E-state index contributed by atoms with van der Waals surface area (Å²) in [6.45, 7) is 0. The predicted octanol–water partition coefficient (Wildman–Crippen LogP) is 10.8. The minimum absolute atomic E-state index is 0.665. The summed E-state index contributed by atoms with van der Waals surface area (Å²) in [6.07, 6.45) is 0. The highest BCUT2D eigenvalue weighted by atomic mass is 15.0. The molecule has 0 aliphatic heterocycles. The van der Waals surface area contributed by atoms with Crippen molar-refractivity contribution in [3.63, 3.8) is 0 Å². The van der Waals surface area contributed by atoms with Gasteiger partial charge in [-0.3, -0.25) is 0 Å². The monoisotopic (exact) mass is 598 g/mol. The van der Waals surface area contributed by atoms with Crippen LogP contribution >= 0.6 is 0 Å². The molecule has 0 saturated carbocycles. The van der Waals surface area contributed by atoms with Crippen molar-refractivity contribution in [1.82, 2.24) is 13.7 Å². The van der Waals surface area contributed by atoms with Gasteiger partial charge in [0.1, 0.15) is 6.07 Å². The molecule has 3 heterocycles. The van der Waals surface area contributed by atoms with E-state index >= 15 is 0 Å². The van der Waals surface area contributed by atoms with E-state index in [0.717, 1.165) is 49.9 Å². The second kappa shape index (κ2) is 9.71. The van der Waals surface area contributed by atoms with Crippen molar-refractivity contribution < 1.29 is 0 Å². The first-order valence-corrected chi connectivity index (χ1v) is 15.9. The molecule has 0 radical (unpaired) electrons. The highest BCUT2D eigenvalue weighted by molar-refractivity contribution is 6.26. The molecule has 0 spiro atoms. The van der Waals surface area contributed by atoms with Crippen molar-refractivity contribution in [1.29, 1.82) is 5.26 Å². The van der Waals surface area contributed by atoms with Gasteiger partial charge in [0.05, 0.1) is 38.7 Å². The van der Waals surface area contributed by atoms with E-state index in [1.54, 1.807) is 0 Å². The lowest BCUT2D eigenvalue weighted by Crippen LogP contribution is -1.97. The SMILES string of the molecule is N#Cc1cccc2c3ccc4c(c5ccccc5n4-c4ccc5c6ccccc6n(-c6ccccc6)c5c4)c3n(-c3ccccc3)c12. The standard InChI is InChI=1S/C43H26N4/c44-27-28-12-11-19-34-35-24-25-39-41(43(35)47(42(28)34)30-15-5-2-6-16-30)36-18-8-10-21-38(36)46(39)31-22-23-33-32-17-7-9-20-37(32)45(40(33)26-31)29-13-3-1-4-14-29/h1-26H. The van der Waals surface area contributed by atoms with Crippen molar-refractivity contribution in [2.45, 2.75) is 0 Å². The van der Waals surface area contributed by atoms with Crippen LogP contribution in [-0.4, -0.2) is 13.7 Å². The van der Waals surface area contributed by atoms with Crippen molar-refractivity contribution in [3.8, 4) is 23.1 Å². The lowest BCUT2D eigenvalue weighted by Gasteiger charge is -2.12. The molecule has 218 valence electrons. The molecule has 0 fully saturated rings. The van der Waals surface area contributed by atoms with Crippen molar-refractivity contribution in [3.05, 3.63) is 163 Å². The Labute approximate surface area is 270 Å². The van der Waals surface area contributed by atoms with Gasteiger partial charge in [-0.05, 0) is 60.7 Å². The number of para-hydroxylation sites is 5. The van der Waals surface area contributed by atoms with Crippen molar-refractivity contribution in [2.75, 3.05) is 0 Å². The molecule has 10 rings (SSSR count). The third-order valence-electron chi connectivity index (χ3n) is 9.65. The molecule has 0 amide bonds. The van der Waals surface area contributed by atoms with E-state index < -0.39 is 0 Å². The Morgan fingerprint density at radius 1 is 0.362 bits per heavy atom. The van der Waals surface area contributed by atoms with Gasteiger partial charge in [0.2, 0.25) is 0 Å². The second-order valence-corrected chi connectivity index (χ2v) is 12.1. The van der Waals surface area contributed by atoms with Gasteiger partial charge in [0.15, 0.2) is 0 Å². The Balaban J connectivity index is 1.37. The zero-order chi connectivity index (χ0) is 31.1. The average Bonchev–Trinajstić information content (AvgIpc) is 3.77. The van der Waals surface area contributed by atoms with Gasteiger partial charge in [-0.25, -0.2) is 0 Å². The van der Waals surface area contributed by atoms with Crippen LogP contribution in [0.15, 0.2) is 158 Å². The highest BCUT2D eigenvalue weighted by Crippen LogP contribution is 2.43. The molecular weight excluding hydrogens is 573 g/mol. The van der Waals surface area contributed by atoms with Gasteiger partial charge in [0.25, 0.3) is 0 Å². The molecule has 7 aromatic carbocycles. The maximum Gasteiger partial charge on any atom is 0.101 e. The minimum Gasteiger partial charge on any atom is -0.309 e. The number of hydrogen-bond acceptors (Lipinski definition) is 1. The van der Waals surface area contributed by atoms with Crippen LogP contribution in [0.1, 0.15) is 5.56 Å². The van der Waals surface area contributed by atoms with E-state index in [4.69, 9.17) is 0 Å². The molecule has 3 aromatic heterocycles. The van der Waals surface area contributed by atoms with Crippen LogP contribution in [0.25, 0.3) is 82.5 Å². The Hall–Kier alpha value is -6.57. The molecule has 4 nitrogen and oxygen atoms in total. The Morgan fingerprint density at radius 3 is 1.66 bits per heavy atom.